The minimum Gasteiger partial charge on any atom is -0.487 e. The Kier molecular flexibility index (Phi) is 9.43. The third-order valence-corrected chi connectivity index (χ3v) is 9.45. The fourth-order valence-corrected chi connectivity index (χ4v) is 8.14. The molecular weight excluding hydrogens is 798 g/mol. The number of esters is 1. The van der Waals surface area contributed by atoms with Gasteiger partial charge in [0.15, 0.2) is 4.80 Å². The summed E-state index contributed by atoms with van der Waals surface area (Å²) >= 11 is 5.85. The van der Waals surface area contributed by atoms with Crippen LogP contribution in [0.2, 0.25) is 0 Å². The molecule has 0 saturated carbocycles. The van der Waals surface area contributed by atoms with Crippen LogP contribution in [0.5, 0.6) is 5.75 Å². The first-order chi connectivity index (χ1) is 21.4. The highest BCUT2D eigenvalue weighted by Gasteiger charge is 2.35. The quantitative estimate of drug-likeness (QED) is 0.129. The van der Waals surface area contributed by atoms with Crippen LogP contribution in [-0.4, -0.2) is 17.1 Å². The van der Waals surface area contributed by atoms with Crippen LogP contribution >= 0.6 is 56.5 Å². The summed E-state index contributed by atoms with van der Waals surface area (Å²) in [6.45, 7) is 2.37. The maximum atomic E-state index is 14.3. The van der Waals surface area contributed by atoms with Crippen molar-refractivity contribution in [2.75, 3.05) is 6.61 Å². The number of benzene rings is 4. The average Bonchev–Trinajstić information content (AvgIpc) is 3.35. The number of ether oxygens (including phenoxy) is 2. The van der Waals surface area contributed by atoms with E-state index in [4.69, 9.17) is 14.5 Å². The van der Waals surface area contributed by atoms with Gasteiger partial charge >= 0.3 is 5.97 Å². The third kappa shape index (κ3) is 6.31. The lowest BCUT2D eigenvalue weighted by molar-refractivity contribution is -0.138. The van der Waals surface area contributed by atoms with Gasteiger partial charge in [-0.1, -0.05) is 102 Å². The number of hydrogen-bond donors (Lipinski definition) is 0. The molecule has 0 aliphatic carbocycles. The predicted octanol–water partition coefficient (Wildman–Crippen LogP) is 6.72. The molecule has 6 nitrogen and oxygen atoms in total. The zero-order valence-corrected chi connectivity index (χ0v) is 28.7. The average molecular weight is 824 g/mol. The molecule has 5 aromatic rings. The monoisotopic (exact) mass is 824 g/mol. The Morgan fingerprint density at radius 2 is 1.61 bits per heavy atom. The largest absolute Gasteiger partial charge is 0.487 e. The zero-order chi connectivity index (χ0) is 30.6. The smallest absolute Gasteiger partial charge is 0.338 e. The van der Waals surface area contributed by atoms with Gasteiger partial charge in [0.25, 0.3) is 5.56 Å². The molecule has 220 valence electrons. The summed E-state index contributed by atoms with van der Waals surface area (Å²) in [6.07, 6.45) is 1.87. The Bertz CT molecular complexity index is 2040. The topological polar surface area (TPSA) is 69.9 Å². The fraction of sp³-hybridized carbons (Fsp3) is 0.114. The Balaban J connectivity index is 1.56. The van der Waals surface area contributed by atoms with E-state index in [1.165, 1.54) is 11.3 Å². The highest BCUT2D eigenvalue weighted by Crippen LogP contribution is 2.35. The van der Waals surface area contributed by atoms with Crippen LogP contribution in [0.4, 0.5) is 0 Å². The molecule has 9 heteroatoms. The lowest BCUT2D eigenvalue weighted by Crippen LogP contribution is -2.40. The van der Waals surface area contributed by atoms with Gasteiger partial charge < -0.3 is 9.47 Å². The standard InChI is InChI=1S/C35H26I2N2O4S/c1-2-42-34(41)29-30(23-14-8-4-9-15-23)38-35-39(31(29)24-16-10-5-11-17-24)33(40)28(44-35)19-25-18-26(36)20-27(37)32(25)43-21-22-12-6-3-7-13-22/h3-20,31H,2,21H2,1H3/b28-19-/t31-/m0/s1. The molecule has 0 amide bonds. The molecule has 44 heavy (non-hydrogen) atoms. The molecule has 1 aromatic heterocycles. The van der Waals surface area contributed by atoms with Crippen molar-refractivity contribution in [3.63, 3.8) is 0 Å². The van der Waals surface area contributed by atoms with E-state index in [1.54, 1.807) is 11.5 Å². The van der Waals surface area contributed by atoms with E-state index < -0.39 is 12.0 Å². The summed E-state index contributed by atoms with van der Waals surface area (Å²) in [5, 5.41) is 0. The van der Waals surface area contributed by atoms with Crippen molar-refractivity contribution in [2.45, 2.75) is 19.6 Å². The molecule has 0 spiro atoms. The molecule has 0 unspecified atom stereocenters. The second kappa shape index (κ2) is 13.6. The number of nitrogens with zero attached hydrogens (tertiary/aromatic N) is 2. The van der Waals surface area contributed by atoms with Crippen LogP contribution in [0.3, 0.4) is 0 Å². The molecule has 0 bridgehead atoms. The molecule has 0 N–H and O–H groups in total. The molecule has 0 fully saturated rings. The molecule has 4 aromatic carbocycles. The lowest BCUT2D eigenvalue weighted by Gasteiger charge is -2.25. The van der Waals surface area contributed by atoms with Gasteiger partial charge in [-0.3, -0.25) is 9.36 Å². The van der Waals surface area contributed by atoms with Crippen molar-refractivity contribution in [1.82, 2.24) is 4.57 Å². The second-order valence-electron chi connectivity index (χ2n) is 9.92. The molecule has 1 atom stereocenters. The highest BCUT2D eigenvalue weighted by atomic mass is 127. The van der Waals surface area contributed by atoms with E-state index >= 15 is 0 Å². The Morgan fingerprint density at radius 3 is 2.30 bits per heavy atom. The van der Waals surface area contributed by atoms with Crippen molar-refractivity contribution in [2.24, 2.45) is 4.99 Å². The minimum atomic E-state index is -0.714. The van der Waals surface area contributed by atoms with E-state index in [0.717, 1.165) is 29.4 Å². The van der Waals surface area contributed by atoms with E-state index in [9.17, 15) is 9.59 Å². The van der Waals surface area contributed by atoms with Crippen molar-refractivity contribution in [3.8, 4) is 5.75 Å². The number of aromatic nitrogens is 1. The number of rotatable bonds is 8. The number of carbonyl (C=O) groups excluding carboxylic acids is 1. The number of fused-ring (bicyclic) bond motifs is 1. The summed E-state index contributed by atoms with van der Waals surface area (Å²) in [5.41, 5.74) is 4.02. The van der Waals surface area contributed by atoms with Crippen molar-refractivity contribution < 1.29 is 14.3 Å². The van der Waals surface area contributed by atoms with E-state index in [1.807, 2.05) is 109 Å². The summed E-state index contributed by atoms with van der Waals surface area (Å²) in [5.74, 6) is 0.208. The highest BCUT2D eigenvalue weighted by molar-refractivity contribution is 14.1. The molecule has 0 radical (unpaired) electrons. The molecule has 1 aliphatic rings. The van der Waals surface area contributed by atoms with Gasteiger partial charge in [0.2, 0.25) is 0 Å². The molecule has 1 aliphatic heterocycles. The van der Waals surface area contributed by atoms with Gasteiger partial charge in [-0.2, -0.15) is 0 Å². The van der Waals surface area contributed by atoms with Crippen LogP contribution < -0.4 is 19.6 Å². The molecule has 2 heterocycles. The van der Waals surface area contributed by atoms with Crippen molar-refractivity contribution >= 4 is 74.3 Å². The third-order valence-electron chi connectivity index (χ3n) is 7.04. The Morgan fingerprint density at radius 1 is 0.955 bits per heavy atom. The Hall–Kier alpha value is -3.55. The van der Waals surface area contributed by atoms with Gasteiger partial charge in [0, 0.05) is 14.7 Å². The number of carbonyl (C=O) groups is 1. The van der Waals surface area contributed by atoms with Gasteiger partial charge in [0.05, 0.1) is 32.0 Å². The zero-order valence-electron chi connectivity index (χ0n) is 23.6. The van der Waals surface area contributed by atoms with Crippen molar-refractivity contribution in [1.29, 1.82) is 0 Å². The first-order valence-corrected chi connectivity index (χ1v) is 16.9. The van der Waals surface area contributed by atoms with E-state index in [-0.39, 0.29) is 12.2 Å². The van der Waals surface area contributed by atoms with E-state index in [2.05, 4.69) is 45.2 Å². The minimum absolute atomic E-state index is 0.202. The van der Waals surface area contributed by atoms with Crippen LogP contribution in [0.1, 0.15) is 35.2 Å². The summed E-state index contributed by atoms with van der Waals surface area (Å²) in [6, 6.07) is 32.4. The van der Waals surface area contributed by atoms with Crippen LogP contribution in [0, 0.1) is 7.14 Å². The normalized spacial score (nSPS) is 14.6. The first-order valence-electron chi connectivity index (χ1n) is 13.9. The molecular formula is C35H26I2N2O4S. The summed E-state index contributed by atoms with van der Waals surface area (Å²) in [4.78, 5) is 33.4. The van der Waals surface area contributed by atoms with Gasteiger partial charge in [0.1, 0.15) is 12.4 Å². The van der Waals surface area contributed by atoms with Crippen LogP contribution in [-0.2, 0) is 16.1 Å². The summed E-state index contributed by atoms with van der Waals surface area (Å²) < 4.78 is 16.0. The second-order valence-corrected chi connectivity index (χ2v) is 13.3. The van der Waals surface area contributed by atoms with Crippen LogP contribution in [0.25, 0.3) is 11.8 Å². The fourth-order valence-electron chi connectivity index (χ4n) is 5.10. The molecule has 6 rings (SSSR count). The summed E-state index contributed by atoms with van der Waals surface area (Å²) in [7, 11) is 0. The number of halogens is 2. The predicted molar refractivity (Wildman–Crippen MR) is 190 cm³/mol. The maximum absolute atomic E-state index is 14.3. The first kappa shape index (κ1) is 30.5. The SMILES string of the molecule is CCOC(=O)C1=C(c2ccccc2)N=c2s/c(=C\c3cc(I)cc(I)c3OCc3ccccc3)c(=O)n2[C@H]1c1ccccc1. The van der Waals surface area contributed by atoms with Gasteiger partial charge in [-0.25, -0.2) is 9.79 Å². The maximum Gasteiger partial charge on any atom is 0.338 e. The molecule has 0 saturated heterocycles. The van der Waals surface area contributed by atoms with Crippen molar-refractivity contribution in [3.05, 3.63) is 158 Å². The van der Waals surface area contributed by atoms with E-state index in [0.29, 0.717) is 33.0 Å². The number of thiazole rings is 1. The lowest BCUT2D eigenvalue weighted by atomic mass is 9.93. The van der Waals surface area contributed by atoms with Gasteiger partial charge in [-0.15, -0.1) is 0 Å². The van der Waals surface area contributed by atoms with Crippen LogP contribution in [0.15, 0.2) is 118 Å². The van der Waals surface area contributed by atoms with Gasteiger partial charge in [-0.05, 0) is 81.4 Å². The Labute approximate surface area is 285 Å². The number of hydrogen-bond acceptors (Lipinski definition) is 6.